The minimum absolute atomic E-state index is 0.0606. The van der Waals surface area contributed by atoms with Gasteiger partial charge in [-0.15, -0.1) is 0 Å². The number of aryl methyl sites for hydroxylation is 1. The number of hydrogen-bond donors (Lipinski definition) is 2. The van der Waals surface area contributed by atoms with Gasteiger partial charge in [-0.25, -0.2) is 4.98 Å². The number of carbonyl (C=O) groups excluding carboxylic acids is 2. The molecule has 1 aliphatic heterocycles. The zero-order valence-electron chi connectivity index (χ0n) is 21.0. The third-order valence-electron chi connectivity index (χ3n) is 6.75. The van der Waals surface area contributed by atoms with Crippen molar-refractivity contribution in [3.8, 4) is 6.07 Å². The molecule has 2 aromatic carbocycles. The average molecular weight is 489 g/mol. The lowest BCUT2D eigenvalue weighted by Gasteiger charge is -2.33. The second-order valence-electron chi connectivity index (χ2n) is 9.08. The van der Waals surface area contributed by atoms with Gasteiger partial charge in [-0.2, -0.15) is 5.26 Å². The Hall–Kier alpha value is -3.90. The first-order valence-corrected chi connectivity index (χ1v) is 12.3. The molecule has 188 valence electrons. The highest BCUT2D eigenvalue weighted by Gasteiger charge is 2.39. The van der Waals surface area contributed by atoms with Crippen LogP contribution in [0.4, 0.5) is 5.69 Å². The number of amides is 1. The Kier molecular flexibility index (Phi) is 7.55. The Morgan fingerprint density at radius 2 is 1.94 bits per heavy atom. The van der Waals surface area contributed by atoms with E-state index >= 15 is 0 Å². The first-order chi connectivity index (χ1) is 17.4. The van der Waals surface area contributed by atoms with Crippen molar-refractivity contribution in [1.29, 1.82) is 5.26 Å². The number of nitrogens with one attached hydrogen (secondary N) is 2. The summed E-state index contributed by atoms with van der Waals surface area (Å²) in [5.41, 5.74) is 2.63. The summed E-state index contributed by atoms with van der Waals surface area (Å²) in [4.78, 5) is 32.4. The Morgan fingerprint density at radius 3 is 2.67 bits per heavy atom. The molecular weight excluding hydrogens is 456 g/mol. The van der Waals surface area contributed by atoms with Crippen LogP contribution in [0.3, 0.4) is 0 Å². The normalized spacial score (nSPS) is 14.9. The Bertz CT molecular complexity index is 1300. The second kappa shape index (κ2) is 10.8. The molecule has 0 radical (unpaired) electrons. The molecule has 0 spiro atoms. The third kappa shape index (κ3) is 5.04. The summed E-state index contributed by atoms with van der Waals surface area (Å²) in [7, 11) is 1.94. The van der Waals surface area contributed by atoms with E-state index in [1.807, 2.05) is 59.8 Å². The standard InChI is InChI=1S/C27H32N6O3/c1-4-36-25(34)18-30-27(2,26(35)33-13-7-8-14-33)20-11-12-23-22(15-20)31-24(32(23)3)17-29-21-10-6-5-9-19(21)16-28/h5-6,9-12,15,29-30H,4,7-8,13-14,17-18H2,1-3H3. The molecule has 4 rings (SSSR count). The van der Waals surface area contributed by atoms with Crippen LogP contribution in [0.1, 0.15) is 43.6 Å². The van der Waals surface area contributed by atoms with Gasteiger partial charge in [0.25, 0.3) is 0 Å². The van der Waals surface area contributed by atoms with Gasteiger partial charge in [-0.3, -0.25) is 14.9 Å². The van der Waals surface area contributed by atoms with E-state index in [0.29, 0.717) is 25.2 Å². The maximum atomic E-state index is 13.6. The number of esters is 1. The molecule has 0 bridgehead atoms. The summed E-state index contributed by atoms with van der Waals surface area (Å²) >= 11 is 0. The highest BCUT2D eigenvalue weighted by Crippen LogP contribution is 2.29. The van der Waals surface area contributed by atoms with Crippen LogP contribution in [0.2, 0.25) is 0 Å². The summed E-state index contributed by atoms with van der Waals surface area (Å²) in [6.45, 7) is 5.64. The van der Waals surface area contributed by atoms with Crippen LogP contribution < -0.4 is 10.6 Å². The molecule has 0 saturated carbocycles. The number of likely N-dealkylation sites (tertiary alicyclic amines) is 1. The fraction of sp³-hybridized carbons (Fsp3) is 0.407. The molecule has 0 aliphatic carbocycles. The summed E-state index contributed by atoms with van der Waals surface area (Å²) in [5, 5.41) is 15.8. The van der Waals surface area contributed by atoms with Crippen LogP contribution in [0, 0.1) is 11.3 Å². The number of para-hydroxylation sites is 1. The SMILES string of the molecule is CCOC(=O)CNC(C)(C(=O)N1CCCC1)c1ccc2c(c1)nc(CNc1ccccc1C#N)n2C. The van der Waals surface area contributed by atoms with Gasteiger partial charge in [0.05, 0.1) is 42.0 Å². The van der Waals surface area contributed by atoms with Crippen molar-refractivity contribution in [2.75, 3.05) is 31.6 Å². The van der Waals surface area contributed by atoms with Crippen molar-refractivity contribution in [2.24, 2.45) is 7.05 Å². The first kappa shape index (κ1) is 25.2. The highest BCUT2D eigenvalue weighted by atomic mass is 16.5. The van der Waals surface area contributed by atoms with Crippen molar-refractivity contribution < 1.29 is 14.3 Å². The van der Waals surface area contributed by atoms with E-state index < -0.39 is 11.5 Å². The Morgan fingerprint density at radius 1 is 1.19 bits per heavy atom. The molecule has 1 saturated heterocycles. The monoisotopic (exact) mass is 488 g/mol. The molecule has 3 aromatic rings. The number of anilines is 1. The van der Waals surface area contributed by atoms with Gasteiger partial charge in [-0.1, -0.05) is 18.2 Å². The van der Waals surface area contributed by atoms with Gasteiger partial charge in [0.15, 0.2) is 0 Å². The number of rotatable bonds is 9. The predicted molar refractivity (Wildman–Crippen MR) is 137 cm³/mol. The zero-order valence-corrected chi connectivity index (χ0v) is 21.0. The molecule has 1 amide bonds. The van der Waals surface area contributed by atoms with E-state index in [2.05, 4.69) is 16.7 Å². The molecule has 1 fully saturated rings. The molecule has 9 heteroatoms. The van der Waals surface area contributed by atoms with E-state index in [0.717, 1.165) is 41.0 Å². The summed E-state index contributed by atoms with van der Waals surface area (Å²) in [6, 6.07) is 15.3. The lowest BCUT2D eigenvalue weighted by Crippen LogP contribution is -2.54. The van der Waals surface area contributed by atoms with Crippen molar-refractivity contribution in [2.45, 2.75) is 38.8 Å². The van der Waals surface area contributed by atoms with E-state index in [1.54, 1.807) is 13.0 Å². The number of nitrogens with zero attached hydrogens (tertiary/aromatic N) is 4. The van der Waals surface area contributed by atoms with E-state index in [1.165, 1.54) is 0 Å². The summed E-state index contributed by atoms with van der Waals surface area (Å²) < 4.78 is 7.07. The Labute approximate surface area is 211 Å². The largest absolute Gasteiger partial charge is 0.465 e. The van der Waals surface area contributed by atoms with Crippen LogP contribution in [-0.2, 0) is 33.5 Å². The Balaban J connectivity index is 1.63. The van der Waals surface area contributed by atoms with Gasteiger partial charge in [0.1, 0.15) is 17.4 Å². The molecule has 1 atom stereocenters. The molecular formula is C27H32N6O3. The molecule has 36 heavy (non-hydrogen) atoms. The van der Waals surface area contributed by atoms with Crippen LogP contribution in [-0.4, -0.2) is 52.6 Å². The quantitative estimate of drug-likeness (QED) is 0.445. The van der Waals surface area contributed by atoms with E-state index in [-0.39, 0.29) is 19.1 Å². The zero-order chi connectivity index (χ0) is 25.7. The van der Waals surface area contributed by atoms with Crippen LogP contribution in [0.5, 0.6) is 0 Å². The topological polar surface area (TPSA) is 112 Å². The van der Waals surface area contributed by atoms with E-state index in [4.69, 9.17) is 9.72 Å². The first-order valence-electron chi connectivity index (χ1n) is 12.3. The molecule has 2 N–H and O–H groups in total. The van der Waals surface area contributed by atoms with Crippen molar-refractivity contribution >= 4 is 28.6 Å². The average Bonchev–Trinajstić information content (AvgIpc) is 3.54. The van der Waals surface area contributed by atoms with Crippen molar-refractivity contribution in [3.63, 3.8) is 0 Å². The number of nitriles is 1. The maximum Gasteiger partial charge on any atom is 0.319 e. The number of carbonyl (C=O) groups is 2. The summed E-state index contributed by atoms with van der Waals surface area (Å²) in [5.74, 6) is 0.333. The number of imidazole rings is 1. The fourth-order valence-corrected chi connectivity index (χ4v) is 4.63. The molecule has 9 nitrogen and oxygen atoms in total. The second-order valence-corrected chi connectivity index (χ2v) is 9.08. The van der Waals surface area contributed by atoms with E-state index in [9.17, 15) is 14.9 Å². The van der Waals surface area contributed by atoms with Gasteiger partial charge >= 0.3 is 5.97 Å². The molecule has 1 aromatic heterocycles. The van der Waals surface area contributed by atoms with Crippen LogP contribution >= 0.6 is 0 Å². The van der Waals surface area contributed by atoms with Gasteiger partial charge in [0, 0.05) is 20.1 Å². The number of hydrogen-bond acceptors (Lipinski definition) is 7. The third-order valence-corrected chi connectivity index (χ3v) is 6.75. The van der Waals surface area contributed by atoms with Crippen molar-refractivity contribution in [1.82, 2.24) is 19.8 Å². The van der Waals surface area contributed by atoms with Crippen molar-refractivity contribution in [3.05, 3.63) is 59.4 Å². The number of ether oxygens (including phenoxy) is 1. The smallest absolute Gasteiger partial charge is 0.319 e. The lowest BCUT2D eigenvalue weighted by atomic mass is 9.89. The van der Waals surface area contributed by atoms with Gasteiger partial charge in [-0.05, 0) is 56.5 Å². The fourth-order valence-electron chi connectivity index (χ4n) is 4.63. The number of benzene rings is 2. The summed E-state index contributed by atoms with van der Waals surface area (Å²) in [6.07, 6.45) is 1.95. The minimum Gasteiger partial charge on any atom is -0.465 e. The van der Waals surface area contributed by atoms with Crippen LogP contribution in [0.15, 0.2) is 42.5 Å². The number of aromatic nitrogens is 2. The van der Waals surface area contributed by atoms with Gasteiger partial charge < -0.3 is 19.5 Å². The van der Waals surface area contributed by atoms with Crippen LogP contribution in [0.25, 0.3) is 11.0 Å². The van der Waals surface area contributed by atoms with Gasteiger partial charge in [0.2, 0.25) is 5.91 Å². The molecule has 2 heterocycles. The number of fused-ring (bicyclic) bond motifs is 1. The predicted octanol–water partition coefficient (Wildman–Crippen LogP) is 3.05. The highest BCUT2D eigenvalue weighted by molar-refractivity contribution is 5.90. The minimum atomic E-state index is -1.10. The lowest BCUT2D eigenvalue weighted by molar-refractivity contribution is -0.143. The molecule has 1 aliphatic rings. The maximum absolute atomic E-state index is 13.6. The molecule has 1 unspecified atom stereocenters.